The van der Waals surface area contributed by atoms with Crippen LogP contribution >= 0.6 is 23.2 Å². The van der Waals surface area contributed by atoms with E-state index in [0.29, 0.717) is 95.3 Å². The highest BCUT2D eigenvalue weighted by Crippen LogP contribution is 2.37. The summed E-state index contributed by atoms with van der Waals surface area (Å²) in [5, 5.41) is 49.0. The Hall–Kier alpha value is -15.7. The highest BCUT2D eigenvalue weighted by Gasteiger charge is 2.29. The van der Waals surface area contributed by atoms with E-state index in [4.69, 9.17) is 37.8 Å². The van der Waals surface area contributed by atoms with Crippen LogP contribution in [0, 0.1) is 13.8 Å². The molecule has 0 saturated carbocycles. The summed E-state index contributed by atoms with van der Waals surface area (Å²) in [6.07, 6.45) is 4.43. The molecule has 0 aliphatic heterocycles. The van der Waals surface area contributed by atoms with E-state index in [1.807, 2.05) is 172 Å². The predicted octanol–water partition coefficient (Wildman–Crippen LogP) is 18.5. The zero-order valence-corrected chi connectivity index (χ0v) is 70.1. The number of carbonyl (C=O) groups is 5. The van der Waals surface area contributed by atoms with E-state index in [1.54, 1.807) is 110 Å². The molecule has 10 aromatic heterocycles. The molecule has 125 heavy (non-hydrogen) atoms. The highest BCUT2D eigenvalue weighted by atomic mass is 35.5. The fraction of sp³-hybridized carbons (Fsp3) is 0.108. The van der Waals surface area contributed by atoms with Crippen molar-refractivity contribution in [3.63, 3.8) is 0 Å². The second-order valence-electron chi connectivity index (χ2n) is 28.9. The van der Waals surface area contributed by atoms with Gasteiger partial charge >= 0.3 is 12.1 Å². The number of pyridine rings is 2. The number of methoxy groups -OCH3 is 1. The number of carbonyl (C=O) groups excluding carboxylic acids is 4. The van der Waals surface area contributed by atoms with Crippen LogP contribution in [0.2, 0.25) is 10.0 Å². The SMILES string of the molecule is CC(=O)n1c(-c2ccccc2)nn2nc(-c3cc(C)ccc3Cl)cc12.CCC(C)c1nn2nc(-c3ccc4ccccc4c3)cc2n1C(=O)c1cccnc1.COc1cc(-c2nn3nc(-c4ccccn4)cc3n2C(=O)Oc2ccccc2)ccc1NS(=O)(=O)CCC(=O)O.Cc1ccc(Cl)c(-c2cc3n(C(=O)c4ccccc4)c(-c4ccccc4)nn3n2)c1. The fourth-order valence-corrected chi connectivity index (χ4v) is 15.3. The van der Waals surface area contributed by atoms with E-state index < -0.39 is 34.3 Å². The zero-order valence-electron chi connectivity index (χ0n) is 67.7. The van der Waals surface area contributed by atoms with E-state index in [2.05, 4.69) is 93.6 Å². The van der Waals surface area contributed by atoms with E-state index in [0.717, 1.165) is 56.4 Å². The number of benzene rings is 9. The third-order valence-corrected chi connectivity index (χ3v) is 22.1. The average molecular weight is 1720 g/mol. The second-order valence-corrected chi connectivity index (χ2v) is 31.5. The van der Waals surface area contributed by atoms with E-state index in [9.17, 15) is 32.4 Å². The molecule has 0 fully saturated rings. The maximum Gasteiger partial charge on any atom is 0.427 e. The van der Waals surface area contributed by atoms with Crippen LogP contribution in [0.25, 0.3) is 113 Å². The average Bonchev–Trinajstić information content (AvgIpc) is 1.59. The molecular formula is C93H75Cl2N19O10S. The lowest BCUT2D eigenvalue weighted by molar-refractivity contribution is -0.136. The van der Waals surface area contributed by atoms with Crippen LogP contribution in [0.4, 0.5) is 10.5 Å². The Bertz CT molecular complexity index is 7380. The van der Waals surface area contributed by atoms with Crippen molar-refractivity contribution in [2.45, 2.75) is 53.4 Å². The number of sulfonamides is 1. The molecular weight excluding hydrogens is 1650 g/mol. The molecule has 622 valence electrons. The minimum atomic E-state index is -3.96. The first-order valence-electron chi connectivity index (χ1n) is 39.3. The van der Waals surface area contributed by atoms with Gasteiger partial charge in [0.25, 0.3) is 11.8 Å². The number of rotatable bonds is 18. The van der Waals surface area contributed by atoms with Crippen molar-refractivity contribution in [3.8, 4) is 90.8 Å². The third kappa shape index (κ3) is 17.8. The predicted molar refractivity (Wildman–Crippen MR) is 476 cm³/mol. The molecule has 19 aromatic rings. The summed E-state index contributed by atoms with van der Waals surface area (Å²) in [4.78, 5) is 71.6. The van der Waals surface area contributed by atoms with Crippen LogP contribution in [0.3, 0.4) is 0 Å². The Morgan fingerprint density at radius 1 is 0.464 bits per heavy atom. The Kier molecular flexibility index (Phi) is 23.9. The number of ether oxygens (including phenoxy) is 2. The summed E-state index contributed by atoms with van der Waals surface area (Å²) >= 11 is 12.7. The second kappa shape index (κ2) is 36.0. The summed E-state index contributed by atoms with van der Waals surface area (Å²) in [7, 11) is -2.62. The number of carboxylic acids is 1. The maximum atomic E-state index is 13.4. The molecule has 32 heteroatoms. The largest absolute Gasteiger partial charge is 0.495 e. The molecule has 0 bridgehead atoms. The molecule has 0 aliphatic carbocycles. The highest BCUT2D eigenvalue weighted by molar-refractivity contribution is 7.92. The summed E-state index contributed by atoms with van der Waals surface area (Å²) in [6, 6.07) is 83.5. The lowest BCUT2D eigenvalue weighted by Gasteiger charge is -2.13. The maximum absolute atomic E-state index is 13.4. The van der Waals surface area contributed by atoms with Gasteiger partial charge in [-0.15, -0.1) is 59.3 Å². The first-order chi connectivity index (χ1) is 60.5. The number of hydrogen-bond acceptors (Lipinski definition) is 19. The smallest absolute Gasteiger partial charge is 0.427 e. The van der Waals surface area contributed by atoms with Gasteiger partial charge in [0.1, 0.15) is 23.0 Å². The quantitative estimate of drug-likeness (QED) is 0.0806. The minimum absolute atomic E-state index is 0.0869. The molecule has 0 amide bonds. The van der Waals surface area contributed by atoms with Crippen LogP contribution in [-0.2, 0) is 14.8 Å². The number of halogens is 2. The first kappa shape index (κ1) is 83.0. The number of carboxylic acid groups (broad SMARTS) is 1. The van der Waals surface area contributed by atoms with Gasteiger partial charge in [-0.2, -0.15) is 0 Å². The number of aromatic nitrogens is 18. The minimum Gasteiger partial charge on any atom is -0.495 e. The van der Waals surface area contributed by atoms with Crippen molar-refractivity contribution >= 4 is 102 Å². The third-order valence-electron chi connectivity index (χ3n) is 20.2. The van der Waals surface area contributed by atoms with E-state index in [1.165, 1.54) is 56.1 Å². The van der Waals surface area contributed by atoms with Gasteiger partial charge in [0.15, 0.2) is 40.1 Å². The lowest BCUT2D eigenvalue weighted by Crippen LogP contribution is -2.19. The van der Waals surface area contributed by atoms with Crippen molar-refractivity contribution in [1.82, 2.24) is 87.5 Å². The fourth-order valence-electron chi connectivity index (χ4n) is 13.9. The molecule has 0 saturated heterocycles. The Balaban J connectivity index is 0.000000125. The summed E-state index contributed by atoms with van der Waals surface area (Å²) in [5.74, 6) is 0.230. The summed E-state index contributed by atoms with van der Waals surface area (Å²) < 4.78 is 49.9. The van der Waals surface area contributed by atoms with Gasteiger partial charge in [-0.05, 0) is 128 Å². The van der Waals surface area contributed by atoms with Gasteiger partial charge in [-0.1, -0.05) is 200 Å². The Morgan fingerprint density at radius 3 is 1.55 bits per heavy atom. The monoisotopic (exact) mass is 1720 g/mol. The number of aliphatic carboxylic acids is 1. The molecule has 9 aromatic carbocycles. The zero-order chi connectivity index (χ0) is 87.2. The number of para-hydroxylation sites is 1. The summed E-state index contributed by atoms with van der Waals surface area (Å²) in [5.41, 5.74) is 13.4. The molecule has 0 spiro atoms. The number of hydrogen-bond donors (Lipinski definition) is 2. The van der Waals surface area contributed by atoms with Crippen LogP contribution in [0.15, 0.2) is 292 Å². The number of nitrogens with zero attached hydrogens (tertiary/aromatic N) is 18. The molecule has 29 nitrogen and oxygen atoms in total. The number of fused-ring (bicyclic) bond motifs is 5. The lowest BCUT2D eigenvalue weighted by atomic mass is 10.1. The van der Waals surface area contributed by atoms with Crippen LogP contribution in [-0.4, -0.2) is 144 Å². The summed E-state index contributed by atoms with van der Waals surface area (Å²) in [6.45, 7) is 9.67. The van der Waals surface area contributed by atoms with Crippen molar-refractivity contribution < 1.29 is 47.0 Å². The van der Waals surface area contributed by atoms with Gasteiger partial charge in [-0.3, -0.25) is 33.9 Å². The molecule has 0 aliphatic rings. The number of nitrogens with one attached hydrogen (secondary N) is 1. The molecule has 2 N–H and O–H groups in total. The number of aryl methyl sites for hydroxylation is 2. The number of anilines is 1. The Labute approximate surface area is 723 Å². The van der Waals surface area contributed by atoms with Gasteiger partial charge in [0, 0.05) is 94.6 Å². The van der Waals surface area contributed by atoms with Crippen molar-refractivity contribution in [1.29, 1.82) is 0 Å². The standard InChI is InChI=1S/C26H22N6O7S.C24H17ClN4O.C24H21N5O.C19H15ClN4O/c1-38-22-15-17(10-11-20(22)30-40(36,37)14-12-24(33)34)25-29-32-23(16-21(28-32)19-9-5-6-13-27-19)31(25)26(35)39-18-7-3-2-4-8-18;1-16-12-13-20(25)19(14-16)21-15-22-28(24(30)18-10-6-3-7-11-18)23(27-29(22)26-21)17-8-4-2-5-9-17;1-3-16(2)23-27-29-22(28(23)24(30)20-9-6-12-25-15-20)14-21(26-29)19-11-10-17-7-4-5-8-18(17)13-19;1-12-8-9-16(20)15(10-12)17-11-18-23(13(2)25)19(22-24(18)21-17)14-6-4-3-5-7-14/h2-11,13,15-16,30H,12,14H2,1H3,(H,33,34);2-15H,1H3;4-16H,3H2,1-2H3;3-11H,1-2H3. The van der Waals surface area contributed by atoms with Gasteiger partial charge < -0.3 is 14.6 Å². The van der Waals surface area contributed by atoms with Gasteiger partial charge in [0.2, 0.25) is 15.9 Å². The van der Waals surface area contributed by atoms with Crippen LogP contribution in [0.5, 0.6) is 11.5 Å². The van der Waals surface area contributed by atoms with Crippen molar-refractivity contribution in [3.05, 3.63) is 330 Å². The van der Waals surface area contributed by atoms with E-state index in [-0.39, 0.29) is 40.9 Å². The Morgan fingerprint density at radius 2 is 0.968 bits per heavy atom. The molecule has 10 heterocycles. The topological polar surface area (TPSA) is 336 Å². The van der Waals surface area contributed by atoms with Crippen molar-refractivity contribution in [2.75, 3.05) is 17.6 Å². The molecule has 1 unspecified atom stereocenters. The van der Waals surface area contributed by atoms with Gasteiger partial charge in [0.05, 0.1) is 63.4 Å². The van der Waals surface area contributed by atoms with Crippen LogP contribution in [0.1, 0.15) is 82.0 Å². The molecule has 0 radical (unpaired) electrons. The molecule has 19 rings (SSSR count). The first-order valence-corrected chi connectivity index (χ1v) is 41.7. The van der Waals surface area contributed by atoms with Crippen LogP contribution < -0.4 is 14.2 Å². The van der Waals surface area contributed by atoms with E-state index >= 15 is 0 Å². The van der Waals surface area contributed by atoms with Gasteiger partial charge in [-0.25, -0.2) is 31.5 Å². The normalized spacial score (nSPS) is 11.5. The van der Waals surface area contributed by atoms with Crippen molar-refractivity contribution in [2.24, 2.45) is 0 Å². The molecule has 1 atom stereocenters.